The van der Waals surface area contributed by atoms with Gasteiger partial charge in [0, 0.05) is 15.5 Å². The minimum absolute atomic E-state index is 0.240. The van der Waals surface area contributed by atoms with Gasteiger partial charge in [-0.1, -0.05) is 54.2 Å². The molecule has 38 heavy (non-hydrogen) atoms. The van der Waals surface area contributed by atoms with Crippen molar-refractivity contribution in [1.29, 1.82) is 0 Å². The van der Waals surface area contributed by atoms with E-state index in [0.29, 0.717) is 23.5 Å². The molecule has 0 fully saturated rings. The molecule has 0 bridgehead atoms. The molecular weight excluding hydrogens is 509 g/mol. The summed E-state index contributed by atoms with van der Waals surface area (Å²) in [7, 11) is 0. The number of alkyl halides is 1. The number of ketones is 1. The van der Waals surface area contributed by atoms with Crippen molar-refractivity contribution in [2.45, 2.75) is 41.1 Å². The summed E-state index contributed by atoms with van der Waals surface area (Å²) in [4.78, 5) is 56.0. The molecule has 0 saturated heterocycles. The number of urea groups is 1. The van der Waals surface area contributed by atoms with Crippen LogP contribution in [-0.4, -0.2) is 47.6 Å². The zero-order valence-electron chi connectivity index (χ0n) is 20.2. The van der Waals surface area contributed by atoms with Crippen LogP contribution < -0.4 is 15.1 Å². The van der Waals surface area contributed by atoms with Crippen LogP contribution in [0.4, 0.5) is 26.2 Å². The number of carbonyl (C=O) groups is 4. The maximum atomic E-state index is 14.5. The van der Waals surface area contributed by atoms with Gasteiger partial charge in [-0.25, -0.2) is 9.18 Å². The van der Waals surface area contributed by atoms with Crippen molar-refractivity contribution >= 4 is 52.5 Å². The molecule has 2 aliphatic rings. The number of para-hydroxylation sites is 3. The topological polar surface area (TPSA) is 107 Å². The molecule has 0 spiro atoms. The molecule has 3 aromatic rings. The molecule has 10 heteroatoms. The molecule has 3 aromatic carbocycles. The summed E-state index contributed by atoms with van der Waals surface area (Å²) in [5.41, 5.74) is 2.75. The lowest BCUT2D eigenvalue weighted by molar-refractivity contribution is -0.140. The van der Waals surface area contributed by atoms with Crippen LogP contribution in [0.2, 0.25) is 0 Å². The van der Waals surface area contributed by atoms with E-state index < -0.39 is 48.9 Å². The average Bonchev–Trinajstić information content (AvgIpc) is 2.93. The number of nitrogens with one attached hydrogen (secondary N) is 1. The molecule has 3 amide bonds. The number of carbonyl (C=O) groups excluding carboxylic acids is 3. The van der Waals surface area contributed by atoms with Crippen LogP contribution in [0, 0.1) is 0 Å². The van der Waals surface area contributed by atoms with Gasteiger partial charge in [0.1, 0.15) is 18.8 Å². The number of hydrogen-bond acceptors (Lipinski definition) is 5. The number of rotatable bonds is 6. The second kappa shape index (κ2) is 10.7. The fourth-order valence-corrected chi connectivity index (χ4v) is 5.89. The van der Waals surface area contributed by atoms with E-state index in [0.717, 1.165) is 15.4 Å². The molecule has 0 aliphatic carbocycles. The van der Waals surface area contributed by atoms with E-state index in [4.69, 9.17) is 0 Å². The van der Waals surface area contributed by atoms with Gasteiger partial charge in [0.05, 0.1) is 17.8 Å². The Morgan fingerprint density at radius 1 is 0.921 bits per heavy atom. The molecular formula is C28H24FN3O5S. The Bertz CT molecular complexity index is 1390. The van der Waals surface area contributed by atoms with Crippen LogP contribution in [-0.2, 0) is 20.8 Å². The monoisotopic (exact) mass is 533 g/mol. The van der Waals surface area contributed by atoms with Gasteiger partial charge in [-0.15, -0.1) is 0 Å². The second-order valence-corrected chi connectivity index (χ2v) is 10.1. The van der Waals surface area contributed by atoms with Gasteiger partial charge in [-0.05, 0) is 48.7 Å². The van der Waals surface area contributed by atoms with Gasteiger partial charge in [0.15, 0.2) is 5.78 Å². The van der Waals surface area contributed by atoms with Crippen LogP contribution in [0.3, 0.4) is 0 Å². The van der Waals surface area contributed by atoms with Crippen molar-refractivity contribution in [3.05, 3.63) is 78.4 Å². The summed E-state index contributed by atoms with van der Waals surface area (Å²) in [6, 6.07) is 19.2. The maximum absolute atomic E-state index is 14.5. The second-order valence-electron chi connectivity index (χ2n) is 8.97. The number of fused-ring (bicyclic) bond motifs is 3. The Labute approximate surface area is 222 Å². The summed E-state index contributed by atoms with van der Waals surface area (Å²) >= 11 is 1.54. The van der Waals surface area contributed by atoms with Crippen LogP contribution in [0.25, 0.3) is 0 Å². The standard InChI is InChI=1S/C28H24FN3O5S/c29-16-23(33)18(15-26(34)35)30-27(36)22-14-13-17-7-1-2-8-19(17)31(22)28(37)32-20-9-3-5-11-24(20)38-25-12-6-4-10-21(25)32/h1-12,18,22H,13-16H2,(H,30,36)(H,34,35). The first-order valence-electron chi connectivity index (χ1n) is 12.1. The van der Waals surface area contributed by atoms with Crippen molar-refractivity contribution in [3.8, 4) is 0 Å². The van der Waals surface area contributed by atoms with Crippen LogP contribution in [0.1, 0.15) is 18.4 Å². The predicted molar refractivity (Wildman–Crippen MR) is 141 cm³/mol. The summed E-state index contributed by atoms with van der Waals surface area (Å²) in [5, 5.41) is 11.6. The van der Waals surface area contributed by atoms with E-state index >= 15 is 0 Å². The van der Waals surface area contributed by atoms with Crippen molar-refractivity contribution in [2.75, 3.05) is 16.5 Å². The van der Waals surface area contributed by atoms with E-state index in [1.807, 2.05) is 60.7 Å². The van der Waals surface area contributed by atoms with Crippen molar-refractivity contribution in [1.82, 2.24) is 5.32 Å². The number of nitrogens with zero attached hydrogens (tertiary/aromatic N) is 2. The van der Waals surface area contributed by atoms with Crippen LogP contribution >= 0.6 is 11.8 Å². The lowest BCUT2D eigenvalue weighted by atomic mass is 9.94. The Balaban J connectivity index is 1.56. The van der Waals surface area contributed by atoms with Gasteiger partial charge in [0.2, 0.25) is 5.91 Å². The zero-order chi connectivity index (χ0) is 26.8. The Morgan fingerprint density at radius 3 is 2.11 bits per heavy atom. The minimum atomic E-state index is -1.54. The third kappa shape index (κ3) is 4.74. The molecule has 0 radical (unpaired) electrons. The predicted octanol–water partition coefficient (Wildman–Crippen LogP) is 4.73. The number of Topliss-reactive ketones (excluding diaryl/α,β-unsaturated/α-hetero) is 1. The average molecular weight is 534 g/mol. The van der Waals surface area contributed by atoms with Crippen molar-refractivity contribution in [2.24, 2.45) is 0 Å². The van der Waals surface area contributed by atoms with E-state index in [9.17, 15) is 28.7 Å². The number of halogens is 1. The van der Waals surface area contributed by atoms with Gasteiger partial charge < -0.3 is 10.4 Å². The molecule has 8 nitrogen and oxygen atoms in total. The highest BCUT2D eigenvalue weighted by molar-refractivity contribution is 7.99. The van der Waals surface area contributed by atoms with Crippen LogP contribution in [0.15, 0.2) is 82.6 Å². The number of aliphatic carboxylic acids is 1. The summed E-state index contributed by atoms with van der Waals surface area (Å²) in [5.74, 6) is -3.10. The van der Waals surface area contributed by atoms with E-state index in [1.54, 1.807) is 28.8 Å². The third-order valence-electron chi connectivity index (χ3n) is 6.60. The van der Waals surface area contributed by atoms with E-state index in [2.05, 4.69) is 5.32 Å². The molecule has 5 rings (SSSR count). The number of anilines is 3. The summed E-state index contributed by atoms with van der Waals surface area (Å²) < 4.78 is 13.1. The summed E-state index contributed by atoms with van der Waals surface area (Å²) in [6.45, 7) is -1.41. The van der Waals surface area contributed by atoms with Gasteiger partial charge in [-0.3, -0.25) is 24.2 Å². The normalized spacial score (nSPS) is 16.5. The number of aryl methyl sites for hydroxylation is 1. The first kappa shape index (κ1) is 25.5. The first-order valence-corrected chi connectivity index (χ1v) is 12.9. The fourth-order valence-electron chi connectivity index (χ4n) is 4.83. The minimum Gasteiger partial charge on any atom is -0.481 e. The molecule has 2 unspecified atom stereocenters. The SMILES string of the molecule is O=C(O)CC(NC(=O)C1CCc2ccccc2N1C(=O)N1c2ccccc2Sc2ccccc21)C(=O)CF. The largest absolute Gasteiger partial charge is 0.481 e. The summed E-state index contributed by atoms with van der Waals surface area (Å²) in [6.07, 6.45) is -0.0261. The Hall–Kier alpha value is -4.18. The lowest BCUT2D eigenvalue weighted by Crippen LogP contribution is -2.58. The highest BCUT2D eigenvalue weighted by Crippen LogP contribution is 2.49. The Kier molecular flexibility index (Phi) is 7.15. The number of hydrogen-bond donors (Lipinski definition) is 2. The number of carboxylic acid groups (broad SMARTS) is 1. The highest BCUT2D eigenvalue weighted by Gasteiger charge is 2.41. The molecule has 2 N–H and O–H groups in total. The smallest absolute Gasteiger partial charge is 0.334 e. The fraction of sp³-hybridized carbons (Fsp3) is 0.214. The lowest BCUT2D eigenvalue weighted by Gasteiger charge is -2.41. The van der Waals surface area contributed by atoms with Crippen LogP contribution in [0.5, 0.6) is 0 Å². The number of benzene rings is 3. The molecule has 0 aromatic heterocycles. The number of carboxylic acids is 1. The molecule has 194 valence electrons. The molecule has 0 saturated carbocycles. The zero-order valence-corrected chi connectivity index (χ0v) is 21.0. The molecule has 2 heterocycles. The first-order chi connectivity index (χ1) is 18.4. The maximum Gasteiger partial charge on any atom is 0.334 e. The quantitative estimate of drug-likeness (QED) is 0.475. The van der Waals surface area contributed by atoms with Crippen molar-refractivity contribution in [3.63, 3.8) is 0 Å². The molecule has 2 atom stereocenters. The Morgan fingerprint density at radius 2 is 1.50 bits per heavy atom. The van der Waals surface area contributed by atoms with Crippen molar-refractivity contribution < 1.29 is 28.7 Å². The third-order valence-corrected chi connectivity index (χ3v) is 7.73. The van der Waals surface area contributed by atoms with Gasteiger partial charge >= 0.3 is 12.0 Å². The highest BCUT2D eigenvalue weighted by atomic mass is 32.2. The van der Waals surface area contributed by atoms with Gasteiger partial charge in [-0.2, -0.15) is 0 Å². The van der Waals surface area contributed by atoms with Gasteiger partial charge in [0.25, 0.3) is 0 Å². The molecule has 2 aliphatic heterocycles. The van der Waals surface area contributed by atoms with E-state index in [1.165, 1.54) is 4.90 Å². The van der Waals surface area contributed by atoms with E-state index in [-0.39, 0.29) is 6.42 Å². The number of amides is 3.